The maximum Gasteiger partial charge on any atom is 0.235 e. The van der Waals surface area contributed by atoms with Crippen LogP contribution >= 0.6 is 0 Å². The molecule has 3 aromatic rings. The number of hydrogen-bond donors (Lipinski definition) is 0. The van der Waals surface area contributed by atoms with Crippen molar-refractivity contribution in [3.8, 4) is 0 Å². The third kappa shape index (κ3) is 2.53. The molecule has 0 bridgehead atoms. The molecule has 0 fully saturated rings. The van der Waals surface area contributed by atoms with Crippen molar-refractivity contribution in [1.29, 1.82) is 0 Å². The fourth-order valence-electron chi connectivity index (χ4n) is 3.65. The minimum absolute atomic E-state index is 0.140. The summed E-state index contributed by atoms with van der Waals surface area (Å²) >= 11 is 0. The Hall–Kier alpha value is -2.46. The molecule has 4 nitrogen and oxygen atoms in total. The summed E-state index contributed by atoms with van der Waals surface area (Å²) in [7, 11) is 2.14. The Morgan fingerprint density at radius 1 is 1.21 bits per heavy atom. The van der Waals surface area contributed by atoms with Gasteiger partial charge >= 0.3 is 0 Å². The van der Waals surface area contributed by atoms with Crippen LogP contribution in [0.1, 0.15) is 27.2 Å². The zero-order valence-corrected chi connectivity index (χ0v) is 14.1. The maximum atomic E-state index is 13.1. The van der Waals surface area contributed by atoms with E-state index in [9.17, 15) is 4.79 Å². The van der Waals surface area contributed by atoms with Gasteiger partial charge < -0.3 is 4.90 Å². The Bertz CT molecular complexity index is 912. The Balaban J connectivity index is 1.84. The molecule has 4 heteroatoms. The minimum Gasteiger partial charge on any atom is -0.302 e. The van der Waals surface area contributed by atoms with Gasteiger partial charge in [0, 0.05) is 43.0 Å². The predicted octanol–water partition coefficient (Wildman–Crippen LogP) is 3.22. The van der Waals surface area contributed by atoms with E-state index in [0.717, 1.165) is 30.6 Å². The molecule has 0 unspecified atom stereocenters. The highest BCUT2D eigenvalue weighted by Gasteiger charge is 2.25. The van der Waals surface area contributed by atoms with Crippen LogP contribution < -0.4 is 0 Å². The number of nitrogens with zero attached hydrogens (tertiary/aromatic N) is 3. The van der Waals surface area contributed by atoms with Gasteiger partial charge in [-0.15, -0.1) is 0 Å². The number of likely N-dealkylation sites (N-methyl/N-ethyl adjacent to an activating group) is 1. The van der Waals surface area contributed by atoms with Crippen molar-refractivity contribution in [3.05, 3.63) is 65.1 Å². The van der Waals surface area contributed by atoms with Crippen molar-refractivity contribution in [1.82, 2.24) is 14.5 Å². The molecule has 1 aliphatic rings. The van der Waals surface area contributed by atoms with Crippen LogP contribution in [0, 0.1) is 6.92 Å². The van der Waals surface area contributed by atoms with Crippen molar-refractivity contribution < 1.29 is 4.79 Å². The molecule has 1 aliphatic heterocycles. The first-order chi connectivity index (χ1) is 11.6. The van der Waals surface area contributed by atoms with E-state index in [2.05, 4.69) is 42.1 Å². The zero-order valence-electron chi connectivity index (χ0n) is 14.1. The fourth-order valence-corrected chi connectivity index (χ4v) is 3.65. The highest BCUT2D eigenvalue weighted by atomic mass is 16.2. The summed E-state index contributed by atoms with van der Waals surface area (Å²) < 4.78 is 1.96. The van der Waals surface area contributed by atoms with Crippen molar-refractivity contribution in [2.24, 2.45) is 0 Å². The van der Waals surface area contributed by atoms with Crippen molar-refractivity contribution >= 4 is 16.8 Å². The number of aromatic nitrogens is 2. The molecule has 1 aromatic carbocycles. The second-order valence-electron chi connectivity index (χ2n) is 6.70. The largest absolute Gasteiger partial charge is 0.302 e. The number of rotatable bonds is 2. The Morgan fingerprint density at radius 2 is 2.00 bits per heavy atom. The van der Waals surface area contributed by atoms with E-state index in [0.29, 0.717) is 6.42 Å². The van der Waals surface area contributed by atoms with Crippen LogP contribution in [-0.4, -0.2) is 34.0 Å². The lowest BCUT2D eigenvalue weighted by atomic mass is 10.0. The normalized spacial score (nSPS) is 14.8. The van der Waals surface area contributed by atoms with Gasteiger partial charge in [-0.2, -0.15) is 0 Å². The molecule has 0 atom stereocenters. The summed E-state index contributed by atoms with van der Waals surface area (Å²) in [6, 6.07) is 10.2. The van der Waals surface area contributed by atoms with Gasteiger partial charge in [0.2, 0.25) is 5.91 Å². The number of carbonyl (C=O) groups is 1. The van der Waals surface area contributed by atoms with Gasteiger partial charge in [-0.3, -0.25) is 14.3 Å². The Kier molecular flexibility index (Phi) is 3.69. The third-order valence-corrected chi connectivity index (χ3v) is 4.85. The van der Waals surface area contributed by atoms with E-state index in [1.54, 1.807) is 12.4 Å². The van der Waals surface area contributed by atoms with Crippen molar-refractivity contribution in [2.75, 3.05) is 13.6 Å². The van der Waals surface area contributed by atoms with Crippen LogP contribution in [0.4, 0.5) is 0 Å². The number of benzene rings is 1. The Morgan fingerprint density at radius 3 is 2.79 bits per heavy atom. The highest BCUT2D eigenvalue weighted by molar-refractivity contribution is 5.97. The van der Waals surface area contributed by atoms with Gasteiger partial charge in [0.25, 0.3) is 0 Å². The van der Waals surface area contributed by atoms with E-state index < -0.39 is 0 Å². The van der Waals surface area contributed by atoms with E-state index in [1.807, 2.05) is 16.7 Å². The molecule has 0 radical (unpaired) electrons. The third-order valence-electron chi connectivity index (χ3n) is 4.85. The van der Waals surface area contributed by atoms with Gasteiger partial charge in [0.15, 0.2) is 0 Å². The summed E-state index contributed by atoms with van der Waals surface area (Å²) in [6.07, 6.45) is 4.80. The summed E-state index contributed by atoms with van der Waals surface area (Å²) in [5, 5.41) is 1.22. The average molecular weight is 319 g/mol. The molecule has 0 spiro atoms. The van der Waals surface area contributed by atoms with Gasteiger partial charge in [-0.25, -0.2) is 0 Å². The lowest BCUT2D eigenvalue weighted by molar-refractivity contribution is 0.0914. The number of fused-ring (bicyclic) bond motifs is 3. The lowest BCUT2D eigenvalue weighted by Gasteiger charge is -2.23. The topological polar surface area (TPSA) is 38.1 Å². The molecule has 2 aromatic heterocycles. The van der Waals surface area contributed by atoms with E-state index >= 15 is 0 Å². The smallest absolute Gasteiger partial charge is 0.235 e. The number of pyridine rings is 1. The number of hydrogen-bond acceptors (Lipinski definition) is 3. The molecular formula is C20H21N3O. The van der Waals surface area contributed by atoms with Crippen LogP contribution in [0.5, 0.6) is 0 Å². The quantitative estimate of drug-likeness (QED) is 0.728. The first-order valence-electron chi connectivity index (χ1n) is 8.37. The van der Waals surface area contributed by atoms with Gasteiger partial charge in [0.1, 0.15) is 0 Å². The summed E-state index contributed by atoms with van der Waals surface area (Å²) in [5.41, 5.74) is 5.78. The van der Waals surface area contributed by atoms with Gasteiger partial charge in [0.05, 0.1) is 11.9 Å². The highest BCUT2D eigenvalue weighted by Crippen LogP contribution is 2.31. The van der Waals surface area contributed by atoms with Crippen LogP contribution in [-0.2, 0) is 19.4 Å². The van der Waals surface area contributed by atoms with Crippen LogP contribution in [0.2, 0.25) is 0 Å². The first-order valence-corrected chi connectivity index (χ1v) is 8.37. The summed E-state index contributed by atoms with van der Waals surface area (Å²) in [4.78, 5) is 19.4. The summed E-state index contributed by atoms with van der Waals surface area (Å²) in [6.45, 7) is 4.00. The van der Waals surface area contributed by atoms with Gasteiger partial charge in [-0.1, -0.05) is 11.6 Å². The fraction of sp³-hybridized carbons (Fsp3) is 0.300. The van der Waals surface area contributed by atoms with Crippen molar-refractivity contribution in [2.45, 2.75) is 26.3 Å². The molecule has 0 aliphatic carbocycles. The van der Waals surface area contributed by atoms with Crippen LogP contribution in [0.15, 0.2) is 42.7 Å². The maximum absolute atomic E-state index is 13.1. The average Bonchev–Trinajstić information content (AvgIpc) is 2.89. The Labute approximate surface area is 141 Å². The predicted molar refractivity (Wildman–Crippen MR) is 95.3 cm³/mol. The zero-order chi connectivity index (χ0) is 16.7. The monoisotopic (exact) mass is 319 g/mol. The molecular weight excluding hydrogens is 298 g/mol. The standard InChI is InChI=1S/C20H21N3O/c1-14-3-4-18-16(11-14)17-13-22(2)10-7-19(17)23(18)20(24)12-15-5-8-21-9-6-15/h3-6,8-9,11H,7,10,12-13H2,1-2H3. The van der Waals surface area contributed by atoms with E-state index in [1.165, 1.54) is 22.2 Å². The van der Waals surface area contributed by atoms with Gasteiger partial charge in [-0.05, 0) is 49.4 Å². The molecule has 3 heterocycles. The molecule has 0 saturated heterocycles. The molecule has 122 valence electrons. The number of carbonyl (C=O) groups excluding carboxylic acids is 1. The minimum atomic E-state index is 0.140. The van der Waals surface area contributed by atoms with Crippen LogP contribution in [0.25, 0.3) is 10.9 Å². The van der Waals surface area contributed by atoms with E-state index in [4.69, 9.17) is 0 Å². The molecule has 0 amide bonds. The van der Waals surface area contributed by atoms with Crippen molar-refractivity contribution in [3.63, 3.8) is 0 Å². The molecule has 0 saturated carbocycles. The first kappa shape index (κ1) is 15.1. The summed E-state index contributed by atoms with van der Waals surface area (Å²) in [5.74, 6) is 0.140. The number of aryl methyl sites for hydroxylation is 1. The second kappa shape index (κ2) is 5.87. The molecule has 0 N–H and O–H groups in total. The molecule has 4 rings (SSSR count). The van der Waals surface area contributed by atoms with Crippen LogP contribution in [0.3, 0.4) is 0 Å². The second-order valence-corrected chi connectivity index (χ2v) is 6.70. The SMILES string of the molecule is Cc1ccc2c(c1)c1c(n2C(=O)Cc2ccncc2)CCN(C)C1. The lowest BCUT2D eigenvalue weighted by Crippen LogP contribution is -2.28. The molecule has 24 heavy (non-hydrogen) atoms. The van der Waals surface area contributed by atoms with E-state index in [-0.39, 0.29) is 5.91 Å².